The highest BCUT2D eigenvalue weighted by atomic mass is 127. The van der Waals surface area contributed by atoms with Gasteiger partial charge in [-0.3, -0.25) is 4.57 Å². The second-order valence-electron chi connectivity index (χ2n) is 3.23. The number of hydrogen-bond donors (Lipinski definition) is 0. The molecular formula is C11H16IO3P. The molecule has 0 radical (unpaired) electrons. The quantitative estimate of drug-likeness (QED) is 0.571. The van der Waals surface area contributed by atoms with E-state index in [4.69, 9.17) is 9.05 Å². The zero-order chi connectivity index (χ0) is 12.0. The monoisotopic (exact) mass is 354 g/mol. The molecule has 16 heavy (non-hydrogen) atoms. The molecule has 0 N–H and O–H groups in total. The van der Waals surface area contributed by atoms with Gasteiger partial charge in [-0.15, -0.1) is 0 Å². The number of rotatable bonds is 6. The number of halogens is 1. The molecule has 5 heteroatoms. The summed E-state index contributed by atoms with van der Waals surface area (Å²) in [4.78, 5) is 0. The molecule has 1 aromatic rings. The van der Waals surface area contributed by atoms with Crippen LogP contribution in [-0.2, 0) is 19.8 Å². The van der Waals surface area contributed by atoms with Crippen molar-refractivity contribution in [3.8, 4) is 0 Å². The van der Waals surface area contributed by atoms with Gasteiger partial charge in [-0.25, -0.2) is 0 Å². The molecule has 0 bridgehead atoms. The minimum absolute atomic E-state index is 0.339. The molecule has 0 aromatic heterocycles. The standard InChI is InChI=1S/C11H16IO3P/c1-3-14-16(13,15-4-2)9-10-5-7-11(12)8-6-10/h5-8H,3-4,9H2,1-2H3. The van der Waals surface area contributed by atoms with Crippen molar-refractivity contribution in [3.63, 3.8) is 0 Å². The molecule has 0 spiro atoms. The van der Waals surface area contributed by atoms with Crippen LogP contribution in [0.1, 0.15) is 19.4 Å². The smallest absolute Gasteiger partial charge is 0.309 e. The van der Waals surface area contributed by atoms with Gasteiger partial charge >= 0.3 is 7.60 Å². The molecule has 0 atom stereocenters. The summed E-state index contributed by atoms with van der Waals surface area (Å²) in [5.41, 5.74) is 0.977. The zero-order valence-corrected chi connectivity index (χ0v) is 12.5. The molecule has 0 fully saturated rings. The third-order valence-corrected chi connectivity index (χ3v) is 4.72. The molecule has 0 aliphatic rings. The van der Waals surface area contributed by atoms with E-state index in [1.165, 1.54) is 0 Å². The second kappa shape index (κ2) is 6.74. The molecule has 0 saturated heterocycles. The Bertz CT molecular complexity index is 354. The lowest BCUT2D eigenvalue weighted by atomic mass is 10.2. The first-order chi connectivity index (χ1) is 7.59. The zero-order valence-electron chi connectivity index (χ0n) is 9.48. The number of hydrogen-bond acceptors (Lipinski definition) is 3. The van der Waals surface area contributed by atoms with Crippen LogP contribution in [0.3, 0.4) is 0 Å². The maximum atomic E-state index is 12.2. The van der Waals surface area contributed by atoms with Gasteiger partial charge in [0.25, 0.3) is 0 Å². The highest BCUT2D eigenvalue weighted by molar-refractivity contribution is 14.1. The van der Waals surface area contributed by atoms with Crippen molar-refractivity contribution < 1.29 is 13.6 Å². The molecule has 1 aromatic carbocycles. The van der Waals surface area contributed by atoms with Gasteiger partial charge in [-0.2, -0.15) is 0 Å². The Morgan fingerprint density at radius 3 is 2.06 bits per heavy atom. The topological polar surface area (TPSA) is 35.5 Å². The predicted molar refractivity (Wildman–Crippen MR) is 73.7 cm³/mol. The summed E-state index contributed by atoms with van der Waals surface area (Å²) in [7, 11) is -2.96. The minimum Gasteiger partial charge on any atom is -0.309 e. The van der Waals surface area contributed by atoms with Crippen LogP contribution >= 0.6 is 30.2 Å². The van der Waals surface area contributed by atoms with E-state index in [0.29, 0.717) is 19.4 Å². The van der Waals surface area contributed by atoms with E-state index in [2.05, 4.69) is 22.6 Å². The van der Waals surface area contributed by atoms with Crippen LogP contribution in [0.5, 0.6) is 0 Å². The maximum absolute atomic E-state index is 12.2. The normalized spacial score (nSPS) is 11.7. The van der Waals surface area contributed by atoms with Crippen LogP contribution in [0.4, 0.5) is 0 Å². The van der Waals surface area contributed by atoms with Crippen LogP contribution < -0.4 is 0 Å². The third-order valence-electron chi connectivity index (χ3n) is 1.94. The van der Waals surface area contributed by atoms with Crippen molar-refractivity contribution >= 4 is 30.2 Å². The molecular weight excluding hydrogens is 338 g/mol. The van der Waals surface area contributed by atoms with Crippen LogP contribution in [-0.4, -0.2) is 13.2 Å². The van der Waals surface area contributed by atoms with Crippen molar-refractivity contribution in [2.75, 3.05) is 13.2 Å². The van der Waals surface area contributed by atoms with Gasteiger partial charge in [0.05, 0.1) is 19.4 Å². The van der Waals surface area contributed by atoms with E-state index >= 15 is 0 Å². The van der Waals surface area contributed by atoms with Crippen molar-refractivity contribution in [1.82, 2.24) is 0 Å². The molecule has 3 nitrogen and oxygen atoms in total. The summed E-state index contributed by atoms with van der Waals surface area (Å²) >= 11 is 2.24. The fourth-order valence-electron chi connectivity index (χ4n) is 1.34. The molecule has 0 heterocycles. The van der Waals surface area contributed by atoms with Crippen LogP contribution in [0, 0.1) is 3.57 Å². The van der Waals surface area contributed by atoms with Gasteiger partial charge in [0.1, 0.15) is 0 Å². The van der Waals surface area contributed by atoms with E-state index in [1.54, 1.807) is 0 Å². The van der Waals surface area contributed by atoms with Gasteiger partial charge in [-0.05, 0) is 54.1 Å². The Labute approximate surface area is 110 Å². The number of benzene rings is 1. The van der Waals surface area contributed by atoms with E-state index in [9.17, 15) is 4.57 Å². The Morgan fingerprint density at radius 1 is 1.12 bits per heavy atom. The summed E-state index contributed by atoms with van der Waals surface area (Å²) < 4.78 is 23.8. The highest BCUT2D eigenvalue weighted by Crippen LogP contribution is 2.51. The van der Waals surface area contributed by atoms with E-state index < -0.39 is 7.60 Å². The van der Waals surface area contributed by atoms with Crippen LogP contribution in [0.2, 0.25) is 0 Å². The summed E-state index contributed by atoms with van der Waals surface area (Å²) in [5, 5.41) is 0. The second-order valence-corrected chi connectivity index (χ2v) is 6.53. The fraction of sp³-hybridized carbons (Fsp3) is 0.455. The lowest BCUT2D eigenvalue weighted by Gasteiger charge is -2.16. The third kappa shape index (κ3) is 4.53. The first-order valence-electron chi connectivity index (χ1n) is 5.22. The maximum Gasteiger partial charge on any atom is 0.335 e. The molecule has 0 amide bonds. The molecule has 1 rings (SSSR count). The largest absolute Gasteiger partial charge is 0.335 e. The lowest BCUT2D eigenvalue weighted by molar-refractivity contribution is 0.219. The summed E-state index contributed by atoms with van der Waals surface area (Å²) in [6.07, 6.45) is 0.339. The molecule has 0 aliphatic heterocycles. The molecule has 90 valence electrons. The molecule has 0 aliphatic carbocycles. The van der Waals surface area contributed by atoms with Gasteiger partial charge in [-0.1, -0.05) is 12.1 Å². The SMILES string of the molecule is CCOP(=O)(Cc1ccc(I)cc1)OCC. The Balaban J connectivity index is 2.75. The highest BCUT2D eigenvalue weighted by Gasteiger charge is 2.23. The fourth-order valence-corrected chi connectivity index (χ4v) is 3.40. The van der Waals surface area contributed by atoms with Crippen LogP contribution in [0.25, 0.3) is 0 Å². The Hall–Kier alpha value is 0.1000. The average Bonchev–Trinajstić information content (AvgIpc) is 2.22. The Kier molecular flexibility index (Phi) is 5.97. The summed E-state index contributed by atoms with van der Waals surface area (Å²) in [6.45, 7) is 4.45. The lowest BCUT2D eigenvalue weighted by Crippen LogP contribution is -1.99. The summed E-state index contributed by atoms with van der Waals surface area (Å²) in [5.74, 6) is 0. The molecule has 0 unspecified atom stereocenters. The van der Waals surface area contributed by atoms with E-state index in [1.807, 2.05) is 38.1 Å². The first-order valence-corrected chi connectivity index (χ1v) is 8.03. The minimum atomic E-state index is -2.96. The first kappa shape index (κ1) is 14.2. The van der Waals surface area contributed by atoms with Crippen molar-refractivity contribution in [2.45, 2.75) is 20.0 Å². The summed E-state index contributed by atoms with van der Waals surface area (Å²) in [6, 6.07) is 7.87. The van der Waals surface area contributed by atoms with E-state index in [0.717, 1.165) is 9.13 Å². The van der Waals surface area contributed by atoms with Gasteiger partial charge < -0.3 is 9.05 Å². The van der Waals surface area contributed by atoms with E-state index in [-0.39, 0.29) is 0 Å². The van der Waals surface area contributed by atoms with Crippen molar-refractivity contribution in [2.24, 2.45) is 0 Å². The average molecular weight is 354 g/mol. The molecule has 0 saturated carbocycles. The van der Waals surface area contributed by atoms with Gasteiger partial charge in [0.2, 0.25) is 0 Å². The van der Waals surface area contributed by atoms with Crippen molar-refractivity contribution in [1.29, 1.82) is 0 Å². The van der Waals surface area contributed by atoms with Gasteiger partial charge in [0.15, 0.2) is 0 Å². The van der Waals surface area contributed by atoms with Gasteiger partial charge in [0, 0.05) is 3.57 Å². The Morgan fingerprint density at radius 2 is 1.62 bits per heavy atom. The van der Waals surface area contributed by atoms with Crippen LogP contribution in [0.15, 0.2) is 24.3 Å². The van der Waals surface area contributed by atoms with Crippen molar-refractivity contribution in [3.05, 3.63) is 33.4 Å². The predicted octanol–water partition coefficient (Wildman–Crippen LogP) is 4.06.